The molecule has 1 amide bonds. The van der Waals surface area contributed by atoms with Crippen LogP contribution in [0.15, 0.2) is 59.5 Å². The Morgan fingerprint density at radius 3 is 2.29 bits per heavy atom. The number of likely N-dealkylation sites (N-methyl/N-ethyl adjacent to an activating group) is 1. The van der Waals surface area contributed by atoms with E-state index in [1.807, 2.05) is 42.3 Å². The van der Waals surface area contributed by atoms with Gasteiger partial charge in [-0.1, -0.05) is 18.2 Å². The van der Waals surface area contributed by atoms with Crippen LogP contribution < -0.4 is 10.2 Å². The number of halogens is 1. The maximum atomic E-state index is 13.0. The molecule has 0 atom stereocenters. The minimum Gasteiger partial charge on any atom is -0.373 e. The number of nitrogens with one attached hydrogen (secondary N) is 1. The van der Waals surface area contributed by atoms with Gasteiger partial charge >= 0.3 is 0 Å². The fraction of sp³-hybridized carbons (Fsp3) is 0.350. The molecule has 0 bridgehead atoms. The summed E-state index contributed by atoms with van der Waals surface area (Å²) in [5.41, 5.74) is 1.07. The van der Waals surface area contributed by atoms with Gasteiger partial charge in [0.15, 0.2) is 0 Å². The predicted molar refractivity (Wildman–Crippen MR) is 108 cm³/mol. The maximum Gasteiger partial charge on any atom is 0.242 e. The summed E-state index contributed by atoms with van der Waals surface area (Å²) in [4.78, 5) is 14.0. The second-order valence-electron chi connectivity index (χ2n) is 6.49. The number of anilines is 1. The van der Waals surface area contributed by atoms with Crippen LogP contribution in [0.5, 0.6) is 0 Å². The van der Waals surface area contributed by atoms with Gasteiger partial charge in [0.1, 0.15) is 5.82 Å². The molecule has 2 aromatic rings. The van der Waals surface area contributed by atoms with Gasteiger partial charge in [-0.2, -0.15) is 0 Å². The smallest absolute Gasteiger partial charge is 0.242 e. The molecule has 0 aliphatic rings. The van der Waals surface area contributed by atoms with Crippen molar-refractivity contribution in [3.63, 3.8) is 0 Å². The quantitative estimate of drug-likeness (QED) is 0.657. The third-order valence-corrected chi connectivity index (χ3v) is 6.24. The van der Waals surface area contributed by atoms with E-state index in [0.29, 0.717) is 19.5 Å². The zero-order chi connectivity index (χ0) is 20.6. The molecule has 8 heteroatoms. The van der Waals surface area contributed by atoms with Gasteiger partial charge in [0.25, 0.3) is 0 Å². The van der Waals surface area contributed by atoms with Crippen LogP contribution in [-0.2, 0) is 14.8 Å². The fourth-order valence-corrected chi connectivity index (χ4v) is 3.84. The zero-order valence-corrected chi connectivity index (χ0v) is 17.0. The van der Waals surface area contributed by atoms with Gasteiger partial charge in [-0.05, 0) is 42.8 Å². The molecule has 0 aliphatic heterocycles. The second-order valence-corrected chi connectivity index (χ2v) is 8.54. The van der Waals surface area contributed by atoms with Crippen molar-refractivity contribution in [3.8, 4) is 0 Å². The number of hydrogen-bond acceptors (Lipinski definition) is 4. The Kier molecular flexibility index (Phi) is 7.95. The topological polar surface area (TPSA) is 69.7 Å². The molecule has 0 fully saturated rings. The number of nitrogens with zero attached hydrogens (tertiary/aromatic N) is 2. The van der Waals surface area contributed by atoms with Gasteiger partial charge < -0.3 is 10.2 Å². The molecule has 0 heterocycles. The third-order valence-electron chi connectivity index (χ3n) is 4.37. The number of rotatable bonds is 10. The highest BCUT2D eigenvalue weighted by atomic mass is 32.2. The average Bonchev–Trinajstić information content (AvgIpc) is 2.68. The lowest BCUT2D eigenvalue weighted by atomic mass is 10.3. The van der Waals surface area contributed by atoms with Gasteiger partial charge in [-0.25, -0.2) is 17.1 Å². The maximum absolute atomic E-state index is 13.0. The predicted octanol–water partition coefficient (Wildman–Crippen LogP) is 2.48. The Morgan fingerprint density at radius 1 is 1.00 bits per heavy atom. The Bertz CT molecular complexity index is 858. The largest absolute Gasteiger partial charge is 0.373 e. The average molecular weight is 408 g/mol. The van der Waals surface area contributed by atoms with E-state index in [9.17, 15) is 17.6 Å². The number of carbonyl (C=O) groups excluding carboxylic acids is 1. The highest BCUT2D eigenvalue weighted by Crippen LogP contribution is 2.15. The molecule has 0 radical (unpaired) electrons. The lowest BCUT2D eigenvalue weighted by Crippen LogP contribution is -2.33. The number of para-hydroxylation sites is 1. The highest BCUT2D eigenvalue weighted by molar-refractivity contribution is 7.89. The van der Waals surface area contributed by atoms with Gasteiger partial charge in [-0.15, -0.1) is 0 Å². The first-order valence-electron chi connectivity index (χ1n) is 9.05. The zero-order valence-electron chi connectivity index (χ0n) is 16.1. The minimum atomic E-state index is -3.68. The SMILES string of the molecule is CN(CCNC(=O)CCCN(C)S(=O)(=O)c1ccc(F)cc1)c1ccccc1. The number of carbonyl (C=O) groups is 1. The van der Waals surface area contributed by atoms with E-state index in [1.54, 1.807) is 0 Å². The van der Waals surface area contributed by atoms with Crippen LogP contribution >= 0.6 is 0 Å². The van der Waals surface area contributed by atoms with E-state index in [4.69, 9.17) is 0 Å². The van der Waals surface area contributed by atoms with Crippen molar-refractivity contribution in [2.75, 3.05) is 38.6 Å². The molecule has 6 nitrogen and oxygen atoms in total. The number of benzene rings is 2. The van der Waals surface area contributed by atoms with Gasteiger partial charge in [-0.3, -0.25) is 4.79 Å². The van der Waals surface area contributed by atoms with E-state index in [2.05, 4.69) is 5.32 Å². The minimum absolute atomic E-state index is 0.0322. The third kappa shape index (κ3) is 6.31. The lowest BCUT2D eigenvalue weighted by molar-refractivity contribution is -0.121. The fourth-order valence-electron chi connectivity index (χ4n) is 2.63. The Morgan fingerprint density at radius 2 is 1.64 bits per heavy atom. The first-order chi connectivity index (χ1) is 13.3. The van der Waals surface area contributed by atoms with Gasteiger partial charge in [0.2, 0.25) is 15.9 Å². The molecule has 0 saturated heterocycles. The van der Waals surface area contributed by atoms with Gasteiger partial charge in [0, 0.05) is 45.8 Å². The van der Waals surface area contributed by atoms with Crippen molar-refractivity contribution in [3.05, 3.63) is 60.4 Å². The van der Waals surface area contributed by atoms with E-state index in [0.717, 1.165) is 17.8 Å². The molecule has 0 saturated carbocycles. The summed E-state index contributed by atoms with van der Waals surface area (Å²) in [6.45, 7) is 1.39. The van der Waals surface area contributed by atoms with E-state index in [1.165, 1.54) is 23.5 Å². The van der Waals surface area contributed by atoms with Gasteiger partial charge in [0.05, 0.1) is 4.90 Å². The van der Waals surface area contributed by atoms with Crippen LogP contribution in [0, 0.1) is 5.82 Å². The monoisotopic (exact) mass is 407 g/mol. The normalized spacial score (nSPS) is 11.4. The molecule has 0 spiro atoms. The summed E-state index contributed by atoms with van der Waals surface area (Å²) in [5.74, 6) is -0.606. The molecule has 28 heavy (non-hydrogen) atoms. The molecule has 0 unspecified atom stereocenters. The van der Waals surface area contributed by atoms with E-state index < -0.39 is 15.8 Å². The molecular weight excluding hydrogens is 381 g/mol. The molecular formula is C20H26FN3O3S. The Labute approximate surface area is 166 Å². The van der Waals surface area contributed by atoms with Crippen LogP contribution in [0.4, 0.5) is 10.1 Å². The molecule has 0 aromatic heterocycles. The summed E-state index contributed by atoms with van der Waals surface area (Å²) < 4.78 is 38.9. The summed E-state index contributed by atoms with van der Waals surface area (Å²) in [6.07, 6.45) is 0.635. The number of hydrogen-bond donors (Lipinski definition) is 1. The molecule has 2 aromatic carbocycles. The summed E-state index contributed by atoms with van der Waals surface area (Å²) in [7, 11) is -0.279. The van der Waals surface area contributed by atoms with Crippen molar-refractivity contribution < 1.29 is 17.6 Å². The second kappa shape index (κ2) is 10.2. The van der Waals surface area contributed by atoms with Crippen LogP contribution in [-0.4, -0.2) is 52.4 Å². The molecule has 0 aliphatic carbocycles. The first kappa shape index (κ1) is 21.8. The lowest BCUT2D eigenvalue weighted by Gasteiger charge is -2.19. The van der Waals surface area contributed by atoms with Crippen molar-refractivity contribution in [1.29, 1.82) is 0 Å². The van der Waals surface area contributed by atoms with Crippen LogP contribution in [0.25, 0.3) is 0 Å². The molecule has 2 rings (SSSR count). The Hall–Kier alpha value is -2.45. The van der Waals surface area contributed by atoms with Crippen molar-refractivity contribution in [1.82, 2.24) is 9.62 Å². The summed E-state index contributed by atoms with van der Waals surface area (Å²) >= 11 is 0. The standard InChI is InChI=1S/C20H26FN3O3S/c1-23(18-7-4-3-5-8-18)16-14-22-20(25)9-6-15-24(2)28(26,27)19-12-10-17(21)11-13-19/h3-5,7-8,10-13H,6,9,14-16H2,1-2H3,(H,22,25). The van der Waals surface area contributed by atoms with Crippen LogP contribution in [0.2, 0.25) is 0 Å². The number of amides is 1. The van der Waals surface area contributed by atoms with Crippen molar-refractivity contribution in [2.45, 2.75) is 17.7 Å². The van der Waals surface area contributed by atoms with Crippen LogP contribution in [0.1, 0.15) is 12.8 Å². The highest BCUT2D eigenvalue weighted by Gasteiger charge is 2.20. The summed E-state index contributed by atoms with van der Waals surface area (Å²) in [6, 6.07) is 14.6. The van der Waals surface area contributed by atoms with E-state index >= 15 is 0 Å². The molecule has 152 valence electrons. The van der Waals surface area contributed by atoms with Crippen molar-refractivity contribution >= 4 is 21.6 Å². The number of sulfonamides is 1. The van der Waals surface area contributed by atoms with Crippen LogP contribution in [0.3, 0.4) is 0 Å². The molecule has 1 N–H and O–H groups in total. The van der Waals surface area contributed by atoms with E-state index in [-0.39, 0.29) is 23.8 Å². The summed E-state index contributed by atoms with van der Waals surface area (Å²) in [5, 5.41) is 2.84. The van der Waals surface area contributed by atoms with Crippen molar-refractivity contribution in [2.24, 2.45) is 0 Å². The Balaban J connectivity index is 1.70. The first-order valence-corrected chi connectivity index (χ1v) is 10.5.